The Morgan fingerprint density at radius 2 is 1.97 bits per heavy atom. The van der Waals surface area contributed by atoms with Crippen molar-refractivity contribution < 1.29 is 9.59 Å². The first-order valence-corrected chi connectivity index (χ1v) is 13.0. The van der Waals surface area contributed by atoms with E-state index in [2.05, 4.69) is 40.7 Å². The monoisotopic (exact) mass is 486 g/mol. The van der Waals surface area contributed by atoms with E-state index in [0.29, 0.717) is 21.6 Å². The van der Waals surface area contributed by atoms with Gasteiger partial charge in [0.1, 0.15) is 5.54 Å². The van der Waals surface area contributed by atoms with Crippen LogP contribution < -0.4 is 15.6 Å². The van der Waals surface area contributed by atoms with E-state index in [1.165, 1.54) is 29.9 Å². The number of carbonyl (C=O) groups is 2. The molecule has 2 bridgehead atoms. The van der Waals surface area contributed by atoms with Crippen LogP contribution in [0.5, 0.6) is 0 Å². The lowest BCUT2D eigenvalue weighted by molar-refractivity contribution is -0.124. The number of benzene rings is 1. The Morgan fingerprint density at radius 3 is 2.61 bits per heavy atom. The lowest BCUT2D eigenvalue weighted by atomic mass is 9.79. The molecule has 1 aliphatic heterocycles. The molecular weight excluding hydrogens is 456 g/mol. The van der Waals surface area contributed by atoms with Crippen molar-refractivity contribution in [2.75, 3.05) is 30.5 Å². The van der Waals surface area contributed by atoms with Crippen molar-refractivity contribution in [3.63, 3.8) is 0 Å². The molecular formula is C25H31ClN4O2S. The molecule has 1 saturated heterocycles. The molecule has 2 aliphatic carbocycles. The molecule has 176 valence electrons. The molecule has 2 N–H and O–H groups in total. The number of rotatable bonds is 5. The molecule has 3 atom stereocenters. The molecule has 2 aromatic rings. The number of anilines is 2. The smallest absolute Gasteiger partial charge is 0.262 e. The maximum atomic E-state index is 13.7. The van der Waals surface area contributed by atoms with Crippen LogP contribution in [0.1, 0.15) is 53.8 Å². The quantitative estimate of drug-likeness (QED) is 0.618. The SMILES string of the molecule is Cc1cc(NC(=O)C2(NC(=O)c3ccc(Cl)s3)CC3CCC2C3)ccc1N1CCCCN1C. The van der Waals surface area contributed by atoms with E-state index < -0.39 is 5.54 Å². The molecule has 33 heavy (non-hydrogen) atoms. The van der Waals surface area contributed by atoms with Crippen LogP contribution in [0.2, 0.25) is 4.34 Å². The van der Waals surface area contributed by atoms with E-state index >= 15 is 0 Å². The lowest BCUT2D eigenvalue weighted by Crippen LogP contribution is -2.60. The number of nitrogens with zero attached hydrogens (tertiary/aromatic N) is 2. The van der Waals surface area contributed by atoms with Gasteiger partial charge in [0.25, 0.3) is 5.91 Å². The third kappa shape index (κ3) is 4.27. The average molecular weight is 487 g/mol. The Morgan fingerprint density at radius 1 is 1.15 bits per heavy atom. The van der Waals surface area contributed by atoms with Crippen LogP contribution in [0.25, 0.3) is 0 Å². The van der Waals surface area contributed by atoms with Crippen molar-refractivity contribution in [2.24, 2.45) is 11.8 Å². The van der Waals surface area contributed by atoms with Gasteiger partial charge in [0.15, 0.2) is 0 Å². The number of hydrogen-bond donors (Lipinski definition) is 2. The van der Waals surface area contributed by atoms with Crippen molar-refractivity contribution in [3.05, 3.63) is 45.1 Å². The highest BCUT2D eigenvalue weighted by atomic mass is 35.5. The fraction of sp³-hybridized carbons (Fsp3) is 0.520. The maximum absolute atomic E-state index is 13.7. The number of hydrogen-bond acceptors (Lipinski definition) is 5. The van der Waals surface area contributed by atoms with Gasteiger partial charge in [-0.2, -0.15) is 0 Å². The Balaban J connectivity index is 1.36. The summed E-state index contributed by atoms with van der Waals surface area (Å²) in [5.74, 6) is 0.346. The highest BCUT2D eigenvalue weighted by Crippen LogP contribution is 2.51. The number of carbonyl (C=O) groups excluding carboxylic acids is 2. The molecule has 2 heterocycles. The normalized spacial score (nSPS) is 27.1. The fourth-order valence-corrected chi connectivity index (χ4v) is 6.92. The van der Waals surface area contributed by atoms with Gasteiger partial charge >= 0.3 is 0 Å². The Hall–Kier alpha value is -2.09. The summed E-state index contributed by atoms with van der Waals surface area (Å²) in [6.45, 7) is 4.15. The van der Waals surface area contributed by atoms with Crippen LogP contribution in [0, 0.1) is 18.8 Å². The highest BCUT2D eigenvalue weighted by molar-refractivity contribution is 7.18. The number of fused-ring (bicyclic) bond motifs is 2. The van der Waals surface area contributed by atoms with Gasteiger partial charge < -0.3 is 15.6 Å². The van der Waals surface area contributed by atoms with E-state index in [0.717, 1.165) is 43.6 Å². The van der Waals surface area contributed by atoms with Crippen molar-refractivity contribution in [1.82, 2.24) is 10.3 Å². The Kier molecular flexibility index (Phi) is 6.14. The van der Waals surface area contributed by atoms with Gasteiger partial charge in [-0.1, -0.05) is 11.6 Å². The predicted octanol–water partition coefficient (Wildman–Crippen LogP) is 5.08. The molecule has 5 rings (SSSR count). The summed E-state index contributed by atoms with van der Waals surface area (Å²) < 4.78 is 0.571. The minimum atomic E-state index is -0.865. The van der Waals surface area contributed by atoms with Crippen LogP contribution >= 0.6 is 22.9 Å². The molecule has 3 aliphatic rings. The van der Waals surface area contributed by atoms with Crippen LogP contribution in [-0.2, 0) is 4.79 Å². The van der Waals surface area contributed by atoms with E-state index in [1.807, 2.05) is 12.1 Å². The van der Waals surface area contributed by atoms with E-state index in [1.54, 1.807) is 12.1 Å². The fourth-order valence-electron chi connectivity index (χ4n) is 5.98. The summed E-state index contributed by atoms with van der Waals surface area (Å²) in [6.07, 6.45) is 6.21. The number of hydrazine groups is 1. The number of aryl methyl sites for hydroxylation is 1. The third-order valence-corrected chi connectivity index (χ3v) is 8.86. The van der Waals surface area contributed by atoms with Crippen molar-refractivity contribution in [3.8, 4) is 0 Å². The molecule has 3 fully saturated rings. The Labute approximate surface area is 204 Å². The first kappa shape index (κ1) is 22.7. The molecule has 0 radical (unpaired) electrons. The van der Waals surface area contributed by atoms with E-state index in [9.17, 15) is 9.59 Å². The summed E-state index contributed by atoms with van der Waals surface area (Å²) in [5.41, 5.74) is 2.21. The first-order chi connectivity index (χ1) is 15.9. The number of nitrogens with one attached hydrogen (secondary N) is 2. The van der Waals surface area contributed by atoms with Crippen molar-refractivity contribution in [2.45, 2.75) is 51.0 Å². The second-order valence-corrected chi connectivity index (χ2v) is 11.5. The standard InChI is InChI=1S/C25H31ClN4O2S/c1-16-13-19(7-8-20(16)30-12-4-3-11-29(30)2)27-24(32)25(15-17-5-6-18(25)14-17)28-23(31)21-9-10-22(26)33-21/h7-10,13,17-18H,3-6,11-12,14-15H2,1-2H3,(H,27,32)(H,28,31). The second kappa shape index (κ2) is 8.93. The first-order valence-electron chi connectivity index (χ1n) is 11.8. The summed E-state index contributed by atoms with van der Waals surface area (Å²) in [5, 5.41) is 10.9. The van der Waals surface area contributed by atoms with Crippen LogP contribution in [0.15, 0.2) is 30.3 Å². The Bertz CT molecular complexity index is 1070. The number of thiophene rings is 1. The largest absolute Gasteiger partial charge is 0.337 e. The molecule has 8 heteroatoms. The number of halogens is 1. The summed E-state index contributed by atoms with van der Waals surface area (Å²) >= 11 is 7.28. The molecule has 1 aromatic carbocycles. The van der Waals surface area contributed by atoms with Gasteiger partial charge in [0.2, 0.25) is 5.91 Å². The molecule has 2 amide bonds. The average Bonchev–Trinajstić information content (AvgIpc) is 3.51. The number of amides is 2. The zero-order chi connectivity index (χ0) is 23.2. The molecule has 6 nitrogen and oxygen atoms in total. The summed E-state index contributed by atoms with van der Waals surface area (Å²) in [6, 6.07) is 9.55. The predicted molar refractivity (Wildman–Crippen MR) is 134 cm³/mol. The summed E-state index contributed by atoms with van der Waals surface area (Å²) in [7, 11) is 2.12. The van der Waals surface area contributed by atoms with Gasteiger partial charge in [-0.3, -0.25) is 9.59 Å². The molecule has 0 spiro atoms. The van der Waals surface area contributed by atoms with Crippen molar-refractivity contribution >= 4 is 46.1 Å². The topological polar surface area (TPSA) is 64.7 Å². The van der Waals surface area contributed by atoms with Crippen LogP contribution in [-0.4, -0.2) is 42.5 Å². The maximum Gasteiger partial charge on any atom is 0.262 e. The minimum absolute atomic E-state index is 0.104. The second-order valence-electron chi connectivity index (χ2n) is 9.78. The molecule has 1 aromatic heterocycles. The third-order valence-electron chi connectivity index (χ3n) is 7.63. The van der Waals surface area contributed by atoms with Gasteiger partial charge in [-0.05, 0) is 93.2 Å². The van der Waals surface area contributed by atoms with Crippen LogP contribution in [0.3, 0.4) is 0 Å². The van der Waals surface area contributed by atoms with Crippen LogP contribution in [0.4, 0.5) is 11.4 Å². The van der Waals surface area contributed by atoms with Gasteiger partial charge in [-0.25, -0.2) is 5.01 Å². The van der Waals surface area contributed by atoms with E-state index in [-0.39, 0.29) is 17.7 Å². The van der Waals surface area contributed by atoms with E-state index in [4.69, 9.17) is 11.6 Å². The van der Waals surface area contributed by atoms with Gasteiger partial charge in [0, 0.05) is 25.8 Å². The highest BCUT2D eigenvalue weighted by Gasteiger charge is 2.56. The molecule has 3 unspecified atom stereocenters. The van der Waals surface area contributed by atoms with Crippen molar-refractivity contribution in [1.29, 1.82) is 0 Å². The zero-order valence-corrected chi connectivity index (χ0v) is 20.8. The summed E-state index contributed by atoms with van der Waals surface area (Å²) in [4.78, 5) is 27.2. The zero-order valence-electron chi connectivity index (χ0n) is 19.2. The molecule has 2 saturated carbocycles. The van der Waals surface area contributed by atoms with Gasteiger partial charge in [0.05, 0.1) is 14.9 Å². The lowest BCUT2D eigenvalue weighted by Gasteiger charge is -2.39. The van der Waals surface area contributed by atoms with Gasteiger partial charge in [-0.15, -0.1) is 11.3 Å². The minimum Gasteiger partial charge on any atom is -0.337 e.